The number of piperidine rings is 1. The van der Waals surface area contributed by atoms with Crippen molar-refractivity contribution in [2.24, 2.45) is 5.92 Å². The lowest BCUT2D eigenvalue weighted by molar-refractivity contribution is -0.139. The molecule has 4 heterocycles. The van der Waals surface area contributed by atoms with Gasteiger partial charge in [-0.3, -0.25) is 14.5 Å². The van der Waals surface area contributed by atoms with Crippen LogP contribution in [-0.4, -0.2) is 62.5 Å². The highest BCUT2D eigenvalue weighted by Gasteiger charge is 2.29. The van der Waals surface area contributed by atoms with Gasteiger partial charge in [0.15, 0.2) is 0 Å². The van der Waals surface area contributed by atoms with E-state index >= 15 is 0 Å². The lowest BCUT2D eigenvalue weighted by atomic mass is 9.93. The average Bonchev–Trinajstić information content (AvgIpc) is 3.28. The minimum absolute atomic E-state index is 0.134. The first-order valence-corrected chi connectivity index (χ1v) is 14.0. The first-order chi connectivity index (χ1) is 19.5. The number of para-hydroxylation sites is 1. The standard InChI is InChI=1S/C32H34N4O4/c37-30(22-34-16-12-23(13-17-34)19-31(38)39)35-18-14-27-28-7-4-15-33-32(28)36(29(27)21-35)20-24-8-10-26(11-9-24)40-25-5-2-1-3-6-25/h1-11,15,23H,12-14,16-22H2,(H,38,39). The van der Waals surface area contributed by atoms with Crippen molar-refractivity contribution in [2.75, 3.05) is 26.2 Å². The third-order valence-corrected chi connectivity index (χ3v) is 8.14. The number of pyridine rings is 1. The van der Waals surface area contributed by atoms with Crippen LogP contribution in [-0.2, 0) is 29.1 Å². The van der Waals surface area contributed by atoms with Gasteiger partial charge in [-0.2, -0.15) is 0 Å². The Morgan fingerprint density at radius 2 is 1.68 bits per heavy atom. The number of carboxylic acids is 1. The van der Waals surface area contributed by atoms with Crippen molar-refractivity contribution in [3.05, 3.63) is 89.7 Å². The van der Waals surface area contributed by atoms with Gasteiger partial charge in [0.1, 0.15) is 17.1 Å². The van der Waals surface area contributed by atoms with Crippen molar-refractivity contribution >= 4 is 22.9 Å². The number of aliphatic carboxylic acids is 1. The molecule has 1 amide bonds. The fraction of sp³-hybridized carbons (Fsp3) is 0.344. The van der Waals surface area contributed by atoms with Crippen molar-refractivity contribution in [1.82, 2.24) is 19.4 Å². The Morgan fingerprint density at radius 1 is 0.925 bits per heavy atom. The van der Waals surface area contributed by atoms with Gasteiger partial charge in [-0.25, -0.2) is 4.98 Å². The minimum Gasteiger partial charge on any atom is -0.481 e. The predicted octanol–water partition coefficient (Wildman–Crippen LogP) is 4.95. The molecule has 0 bridgehead atoms. The van der Waals surface area contributed by atoms with Crippen LogP contribution in [0.3, 0.4) is 0 Å². The van der Waals surface area contributed by atoms with E-state index in [0.29, 0.717) is 26.2 Å². The van der Waals surface area contributed by atoms with Crippen molar-refractivity contribution in [1.29, 1.82) is 0 Å². The fourth-order valence-electron chi connectivity index (χ4n) is 6.00. The number of fused-ring (bicyclic) bond motifs is 3. The molecule has 0 radical (unpaired) electrons. The number of hydrogen-bond donors (Lipinski definition) is 1. The summed E-state index contributed by atoms with van der Waals surface area (Å²) in [6.45, 7) is 3.86. The summed E-state index contributed by atoms with van der Waals surface area (Å²) in [5.41, 5.74) is 4.52. The number of aromatic nitrogens is 2. The van der Waals surface area contributed by atoms with E-state index in [0.717, 1.165) is 66.1 Å². The summed E-state index contributed by atoms with van der Waals surface area (Å²) in [5, 5.41) is 10.2. The van der Waals surface area contributed by atoms with Crippen molar-refractivity contribution in [3.63, 3.8) is 0 Å². The number of amides is 1. The molecule has 0 unspecified atom stereocenters. The number of likely N-dealkylation sites (tertiary alicyclic amines) is 1. The maximum Gasteiger partial charge on any atom is 0.303 e. The third-order valence-electron chi connectivity index (χ3n) is 8.14. The summed E-state index contributed by atoms with van der Waals surface area (Å²) in [7, 11) is 0. The zero-order valence-corrected chi connectivity index (χ0v) is 22.5. The van der Waals surface area contributed by atoms with E-state index in [-0.39, 0.29) is 18.2 Å². The molecule has 1 fully saturated rings. The van der Waals surface area contributed by atoms with Gasteiger partial charge < -0.3 is 19.3 Å². The number of nitrogens with zero attached hydrogens (tertiary/aromatic N) is 4. The Kier molecular flexibility index (Phi) is 7.51. The van der Waals surface area contributed by atoms with Crippen LogP contribution in [0.2, 0.25) is 0 Å². The summed E-state index contributed by atoms with van der Waals surface area (Å²) >= 11 is 0. The number of carboxylic acid groups (broad SMARTS) is 1. The quantitative estimate of drug-likeness (QED) is 0.342. The largest absolute Gasteiger partial charge is 0.481 e. The molecular formula is C32H34N4O4. The predicted molar refractivity (Wildman–Crippen MR) is 152 cm³/mol. The maximum atomic E-state index is 13.4. The zero-order valence-electron chi connectivity index (χ0n) is 22.5. The van der Waals surface area contributed by atoms with Crippen molar-refractivity contribution < 1.29 is 19.4 Å². The van der Waals surface area contributed by atoms with Crippen LogP contribution in [0.5, 0.6) is 11.5 Å². The van der Waals surface area contributed by atoms with Crippen LogP contribution in [0.25, 0.3) is 11.0 Å². The summed E-state index contributed by atoms with van der Waals surface area (Å²) in [6.07, 6.45) is 4.52. The molecule has 0 atom stereocenters. The number of benzene rings is 2. The number of carbonyl (C=O) groups excluding carboxylic acids is 1. The second-order valence-corrected chi connectivity index (χ2v) is 10.8. The van der Waals surface area contributed by atoms with Crippen LogP contribution < -0.4 is 4.74 Å². The first-order valence-electron chi connectivity index (χ1n) is 14.0. The Bertz CT molecular complexity index is 1490. The summed E-state index contributed by atoms with van der Waals surface area (Å²) < 4.78 is 8.22. The minimum atomic E-state index is -0.736. The Morgan fingerprint density at radius 3 is 2.42 bits per heavy atom. The molecule has 2 aliphatic rings. The van der Waals surface area contributed by atoms with Gasteiger partial charge >= 0.3 is 5.97 Å². The van der Waals surface area contributed by atoms with Gasteiger partial charge in [-0.15, -0.1) is 0 Å². The van der Waals surface area contributed by atoms with Crippen molar-refractivity contribution in [3.8, 4) is 11.5 Å². The smallest absolute Gasteiger partial charge is 0.303 e. The molecule has 0 spiro atoms. The highest BCUT2D eigenvalue weighted by Crippen LogP contribution is 2.31. The SMILES string of the molecule is O=C(O)CC1CCN(CC(=O)N2CCc3c(n(Cc4ccc(Oc5ccccc5)cc4)c4ncccc34)C2)CC1. The van der Waals surface area contributed by atoms with Crippen LogP contribution in [0.1, 0.15) is 36.1 Å². The van der Waals surface area contributed by atoms with E-state index < -0.39 is 5.97 Å². The molecule has 206 valence electrons. The van der Waals surface area contributed by atoms with E-state index in [2.05, 4.69) is 27.7 Å². The Balaban J connectivity index is 1.16. The van der Waals surface area contributed by atoms with Gasteiger partial charge in [-0.1, -0.05) is 30.3 Å². The number of carbonyl (C=O) groups is 2. The molecule has 8 nitrogen and oxygen atoms in total. The van der Waals surface area contributed by atoms with Crippen LogP contribution >= 0.6 is 0 Å². The second kappa shape index (κ2) is 11.5. The van der Waals surface area contributed by atoms with Gasteiger partial charge in [0.2, 0.25) is 5.91 Å². The van der Waals surface area contributed by atoms with E-state index in [1.54, 1.807) is 0 Å². The lowest BCUT2D eigenvalue weighted by Gasteiger charge is -2.34. The molecule has 4 aromatic rings. The monoisotopic (exact) mass is 538 g/mol. The molecule has 0 saturated carbocycles. The Labute approximate surface area is 233 Å². The summed E-state index contributed by atoms with van der Waals surface area (Å²) in [5.74, 6) is 1.20. The molecule has 2 aromatic carbocycles. The molecule has 2 aromatic heterocycles. The zero-order chi connectivity index (χ0) is 27.5. The lowest BCUT2D eigenvalue weighted by Crippen LogP contribution is -2.45. The van der Waals surface area contributed by atoms with Gasteiger partial charge in [0.25, 0.3) is 0 Å². The first kappa shape index (κ1) is 26.1. The van der Waals surface area contributed by atoms with E-state index in [1.165, 1.54) is 5.56 Å². The molecular weight excluding hydrogens is 504 g/mol. The molecule has 0 aliphatic carbocycles. The van der Waals surface area contributed by atoms with Crippen LogP contribution in [0.15, 0.2) is 72.9 Å². The van der Waals surface area contributed by atoms with Gasteiger partial charge in [-0.05, 0) is 85.8 Å². The normalized spacial score (nSPS) is 16.1. The Hall–Kier alpha value is -4.17. The fourth-order valence-corrected chi connectivity index (χ4v) is 6.00. The highest BCUT2D eigenvalue weighted by molar-refractivity contribution is 5.84. The molecule has 1 N–H and O–H groups in total. The summed E-state index contributed by atoms with van der Waals surface area (Å²) in [6, 6.07) is 22.0. The second-order valence-electron chi connectivity index (χ2n) is 10.8. The molecule has 1 saturated heterocycles. The number of ether oxygens (including phenoxy) is 1. The van der Waals surface area contributed by atoms with Crippen LogP contribution in [0, 0.1) is 5.92 Å². The van der Waals surface area contributed by atoms with E-state index in [4.69, 9.17) is 14.8 Å². The van der Waals surface area contributed by atoms with Gasteiger partial charge in [0.05, 0.1) is 13.1 Å². The highest BCUT2D eigenvalue weighted by atomic mass is 16.5. The molecule has 6 rings (SSSR count). The number of rotatable bonds is 8. The summed E-state index contributed by atoms with van der Waals surface area (Å²) in [4.78, 5) is 33.3. The molecule has 8 heteroatoms. The average molecular weight is 539 g/mol. The topological polar surface area (TPSA) is 87.9 Å². The third kappa shape index (κ3) is 5.72. The van der Waals surface area contributed by atoms with Crippen LogP contribution in [0.4, 0.5) is 0 Å². The van der Waals surface area contributed by atoms with Gasteiger partial charge in [0, 0.05) is 36.8 Å². The maximum absolute atomic E-state index is 13.4. The van der Waals surface area contributed by atoms with E-state index in [9.17, 15) is 9.59 Å². The van der Waals surface area contributed by atoms with E-state index in [1.807, 2.05) is 59.6 Å². The number of hydrogen-bond acceptors (Lipinski definition) is 5. The van der Waals surface area contributed by atoms with Crippen molar-refractivity contribution in [2.45, 2.75) is 38.8 Å². The molecule has 2 aliphatic heterocycles. The molecule has 40 heavy (non-hydrogen) atoms.